The highest BCUT2D eigenvalue weighted by atomic mass is 32.2. The van der Waals surface area contributed by atoms with Crippen LogP contribution in [0.25, 0.3) is 10.2 Å². The smallest absolute Gasteiger partial charge is 0.148 e. The van der Waals surface area contributed by atoms with Gasteiger partial charge in [0.25, 0.3) is 0 Å². The molecule has 0 atom stereocenters. The molecule has 0 N–H and O–H groups in total. The van der Waals surface area contributed by atoms with Crippen molar-refractivity contribution in [1.82, 2.24) is 4.98 Å². The summed E-state index contributed by atoms with van der Waals surface area (Å²) in [7, 11) is 0. The highest BCUT2D eigenvalue weighted by molar-refractivity contribution is 7.82. The molecule has 2 nitrogen and oxygen atoms in total. The Morgan fingerprint density at radius 1 is 1.69 bits per heavy atom. The molecular weight excluding hydrogens is 202 g/mol. The molecule has 0 fully saturated rings. The zero-order valence-corrected chi connectivity index (χ0v) is 8.74. The van der Waals surface area contributed by atoms with Crippen molar-refractivity contribution < 1.29 is 4.74 Å². The SMILES string of the molecule is [2H]Sc1nc2ccc(OCC)cc2s1. The van der Waals surface area contributed by atoms with Crippen molar-refractivity contribution in [2.24, 2.45) is 0 Å². The first kappa shape index (κ1) is 7.64. The van der Waals surface area contributed by atoms with E-state index < -0.39 is 0 Å². The summed E-state index contributed by atoms with van der Waals surface area (Å²) in [5, 5.41) is 0. The van der Waals surface area contributed by atoms with Gasteiger partial charge in [-0.3, -0.25) is 0 Å². The van der Waals surface area contributed by atoms with Crippen molar-refractivity contribution in [3.05, 3.63) is 18.2 Å². The molecule has 1 aromatic heterocycles. The van der Waals surface area contributed by atoms with E-state index in [9.17, 15) is 0 Å². The number of hydrogen-bond donors (Lipinski definition) is 1. The number of aromatic nitrogens is 1. The van der Waals surface area contributed by atoms with Crippen molar-refractivity contribution >= 4 is 34.1 Å². The minimum absolute atomic E-state index is 0.671. The van der Waals surface area contributed by atoms with Gasteiger partial charge in [0.05, 0.1) is 16.8 Å². The van der Waals surface area contributed by atoms with Crippen LogP contribution in [0.4, 0.5) is 0 Å². The molecule has 4 heteroatoms. The molecule has 0 bridgehead atoms. The summed E-state index contributed by atoms with van der Waals surface area (Å²) in [6, 6.07) is 5.80. The van der Waals surface area contributed by atoms with Crippen LogP contribution in [0, 0.1) is 0 Å². The largest absolute Gasteiger partial charge is 0.494 e. The second kappa shape index (κ2) is 3.55. The lowest BCUT2D eigenvalue weighted by Gasteiger charge is -2.00. The summed E-state index contributed by atoms with van der Waals surface area (Å²) >= 11 is 2.45. The van der Waals surface area contributed by atoms with Gasteiger partial charge in [-0.15, -0.1) is 23.9 Å². The van der Waals surface area contributed by atoms with E-state index in [0.29, 0.717) is 6.61 Å². The van der Waals surface area contributed by atoms with E-state index in [-0.39, 0.29) is 0 Å². The molecule has 1 heterocycles. The van der Waals surface area contributed by atoms with E-state index in [1.807, 2.05) is 25.1 Å². The number of fused-ring (bicyclic) bond motifs is 1. The third-order valence-corrected chi connectivity index (χ3v) is 2.81. The van der Waals surface area contributed by atoms with E-state index in [1.165, 1.54) is 11.3 Å². The first-order valence-electron chi connectivity index (χ1n) is 4.41. The molecule has 0 spiro atoms. The fourth-order valence-electron chi connectivity index (χ4n) is 1.14. The predicted molar refractivity (Wildman–Crippen MR) is 58.0 cm³/mol. The average molecular weight is 212 g/mol. The molecule has 0 aliphatic heterocycles. The quantitative estimate of drug-likeness (QED) is 0.790. The normalized spacial score (nSPS) is 11.6. The maximum atomic E-state index is 7.14. The Bertz CT molecular complexity index is 443. The number of hydrogen-bond acceptors (Lipinski definition) is 4. The summed E-state index contributed by atoms with van der Waals surface area (Å²) < 4.78 is 14.4. The van der Waals surface area contributed by atoms with Gasteiger partial charge in [-0.1, -0.05) is 0 Å². The summed E-state index contributed by atoms with van der Waals surface area (Å²) in [5.41, 5.74) is 0.938. The van der Waals surface area contributed by atoms with Crippen molar-refractivity contribution in [3.63, 3.8) is 0 Å². The zero-order chi connectivity index (χ0) is 9.97. The van der Waals surface area contributed by atoms with Gasteiger partial charge < -0.3 is 4.74 Å². The lowest BCUT2D eigenvalue weighted by atomic mass is 10.3. The lowest BCUT2D eigenvalue weighted by molar-refractivity contribution is 0.341. The van der Waals surface area contributed by atoms with Crippen molar-refractivity contribution in [2.75, 3.05) is 6.61 Å². The number of benzene rings is 1. The highest BCUT2D eigenvalue weighted by Crippen LogP contribution is 2.27. The van der Waals surface area contributed by atoms with Gasteiger partial charge in [-0.25, -0.2) is 4.98 Å². The van der Waals surface area contributed by atoms with Crippen LogP contribution in [0.5, 0.6) is 5.75 Å². The molecule has 0 unspecified atom stereocenters. The molecule has 0 amide bonds. The van der Waals surface area contributed by atoms with Gasteiger partial charge in [0.2, 0.25) is 0 Å². The van der Waals surface area contributed by atoms with Crippen molar-refractivity contribution in [1.29, 1.82) is 1.12 Å². The fraction of sp³-hybridized carbons (Fsp3) is 0.222. The minimum Gasteiger partial charge on any atom is -0.494 e. The van der Waals surface area contributed by atoms with Gasteiger partial charge in [-0.05, 0) is 25.1 Å². The van der Waals surface area contributed by atoms with Crippen molar-refractivity contribution in [2.45, 2.75) is 11.3 Å². The summed E-state index contributed by atoms with van der Waals surface area (Å²) in [4.78, 5) is 4.27. The van der Waals surface area contributed by atoms with Gasteiger partial charge >= 0.3 is 0 Å². The van der Waals surface area contributed by atoms with E-state index in [4.69, 9.17) is 5.86 Å². The average Bonchev–Trinajstić information content (AvgIpc) is 2.60. The van der Waals surface area contributed by atoms with Gasteiger partial charge in [0, 0.05) is 0 Å². The van der Waals surface area contributed by atoms with Gasteiger partial charge in [-0.2, -0.15) is 0 Å². The number of ether oxygens (including phenoxy) is 1. The number of rotatable bonds is 3. The van der Waals surface area contributed by atoms with Gasteiger partial charge in [0.1, 0.15) is 11.2 Å². The molecule has 0 aliphatic rings. The number of thiol groups is 1. The summed E-state index contributed by atoms with van der Waals surface area (Å²) in [6.07, 6.45) is 0. The van der Waals surface area contributed by atoms with Crippen LogP contribution in [0.2, 0.25) is 0 Å². The molecule has 1 aromatic carbocycles. The number of nitrogens with zero attached hydrogens (tertiary/aromatic N) is 1. The number of thiazole rings is 1. The third kappa shape index (κ3) is 1.78. The second-order valence-electron chi connectivity index (χ2n) is 2.54. The maximum Gasteiger partial charge on any atom is 0.148 e. The lowest BCUT2D eigenvalue weighted by Crippen LogP contribution is -1.89. The van der Waals surface area contributed by atoms with Crippen molar-refractivity contribution in [3.8, 4) is 5.75 Å². The predicted octanol–water partition coefficient (Wildman–Crippen LogP) is 2.98. The zero-order valence-electron chi connectivity index (χ0n) is 8.11. The highest BCUT2D eigenvalue weighted by Gasteiger charge is 2.01. The van der Waals surface area contributed by atoms with Crippen LogP contribution in [0.1, 0.15) is 6.92 Å². The molecule has 2 rings (SSSR count). The van der Waals surface area contributed by atoms with Crippen LogP contribution in [-0.4, -0.2) is 12.7 Å². The monoisotopic (exact) mass is 212 g/mol. The molecule has 0 saturated carbocycles. The Morgan fingerprint density at radius 3 is 3.38 bits per heavy atom. The molecule has 0 saturated heterocycles. The fourth-order valence-corrected chi connectivity index (χ4v) is 2.23. The van der Waals surface area contributed by atoms with E-state index in [1.54, 1.807) is 0 Å². The van der Waals surface area contributed by atoms with Crippen LogP contribution < -0.4 is 4.74 Å². The summed E-state index contributed by atoms with van der Waals surface area (Å²) in [5.74, 6) is 0.866. The third-order valence-electron chi connectivity index (χ3n) is 1.65. The molecule has 0 radical (unpaired) electrons. The van der Waals surface area contributed by atoms with Gasteiger partial charge in [0.15, 0.2) is 0 Å². The maximum absolute atomic E-state index is 7.14. The molecule has 0 aliphatic carbocycles. The molecule has 68 valence electrons. The molecule has 13 heavy (non-hydrogen) atoms. The van der Waals surface area contributed by atoms with E-state index in [2.05, 4.69) is 4.98 Å². The Balaban J connectivity index is 2.43. The minimum atomic E-state index is 0.671. The van der Waals surface area contributed by atoms with Crippen LogP contribution in [-0.2, 0) is 0 Å². The van der Waals surface area contributed by atoms with E-state index in [0.717, 1.165) is 32.8 Å². The molecule has 2 aromatic rings. The van der Waals surface area contributed by atoms with Crippen LogP contribution in [0.3, 0.4) is 0 Å². The Kier molecular flexibility index (Phi) is 2.09. The Hall–Kier alpha value is -0.740. The topological polar surface area (TPSA) is 22.1 Å². The Labute approximate surface area is 87.1 Å². The second-order valence-corrected chi connectivity index (χ2v) is 4.22. The first-order chi connectivity index (χ1) is 6.83. The van der Waals surface area contributed by atoms with Crippen LogP contribution >= 0.6 is 23.9 Å². The standard InChI is InChI=1S/C9H9NOS2/c1-2-11-6-3-4-7-8(5-6)13-9(12)10-7/h3-5H,2H2,1H3,(H,10,12)/i/hD. The Morgan fingerprint density at radius 2 is 2.62 bits per heavy atom. The summed E-state index contributed by atoms with van der Waals surface area (Å²) in [6.45, 7) is 2.63. The first-order valence-corrected chi connectivity index (χ1v) is 5.22. The van der Waals surface area contributed by atoms with Crippen LogP contribution in [0.15, 0.2) is 22.5 Å². The molecular formula is C9H9NOS2. The van der Waals surface area contributed by atoms with E-state index >= 15 is 0 Å².